The number of unbranched alkanes of at least 4 members (excludes halogenated alkanes) is 1. The lowest BCUT2D eigenvalue weighted by atomic mass is 9.97. The number of hydrogen-bond donors (Lipinski definition) is 1. The number of aliphatic imine (C=N–C) groups is 1. The molecule has 0 aliphatic carbocycles. The maximum Gasteiger partial charge on any atom is 0.193 e. The Labute approximate surface area is 156 Å². The summed E-state index contributed by atoms with van der Waals surface area (Å²) in [6.07, 6.45) is 6.64. The van der Waals surface area contributed by atoms with E-state index in [1.807, 2.05) is 13.1 Å². The van der Waals surface area contributed by atoms with E-state index in [2.05, 4.69) is 51.0 Å². The molecule has 25 heavy (non-hydrogen) atoms. The van der Waals surface area contributed by atoms with E-state index in [0.717, 1.165) is 62.5 Å². The van der Waals surface area contributed by atoms with E-state index >= 15 is 0 Å². The maximum atomic E-state index is 4.58. The molecule has 6 heteroatoms. The maximum absolute atomic E-state index is 4.58. The van der Waals surface area contributed by atoms with Crippen molar-refractivity contribution in [2.75, 3.05) is 40.3 Å². The van der Waals surface area contributed by atoms with Crippen molar-refractivity contribution in [1.82, 2.24) is 20.1 Å². The summed E-state index contributed by atoms with van der Waals surface area (Å²) in [5.74, 6) is 1.73. The number of aryl methyl sites for hydroxylation is 1. The Morgan fingerprint density at radius 3 is 2.88 bits per heavy atom. The smallest absolute Gasteiger partial charge is 0.193 e. The third kappa shape index (κ3) is 6.78. The summed E-state index contributed by atoms with van der Waals surface area (Å²) in [7, 11) is 3.97. The van der Waals surface area contributed by atoms with Crippen molar-refractivity contribution in [3.05, 3.63) is 28.7 Å². The Morgan fingerprint density at radius 2 is 2.28 bits per heavy atom. The van der Waals surface area contributed by atoms with Gasteiger partial charge in [0.05, 0.1) is 10.7 Å². The van der Waals surface area contributed by atoms with Crippen LogP contribution in [0.25, 0.3) is 0 Å². The van der Waals surface area contributed by atoms with Gasteiger partial charge in [-0.05, 0) is 51.6 Å². The first-order valence-corrected chi connectivity index (χ1v) is 10.2. The summed E-state index contributed by atoms with van der Waals surface area (Å²) in [6.45, 7) is 11.2. The first kappa shape index (κ1) is 19.9. The van der Waals surface area contributed by atoms with Crippen LogP contribution in [0.15, 0.2) is 23.0 Å². The average Bonchev–Trinajstić information content (AvgIpc) is 3.02. The molecular weight excluding hydrogens is 330 g/mol. The fraction of sp³-hybridized carbons (Fsp3) is 0.684. The third-order valence-electron chi connectivity index (χ3n) is 4.78. The van der Waals surface area contributed by atoms with Gasteiger partial charge < -0.3 is 10.2 Å². The first-order chi connectivity index (χ1) is 12.1. The molecule has 0 amide bonds. The van der Waals surface area contributed by atoms with Gasteiger partial charge in [-0.1, -0.05) is 6.08 Å². The normalized spacial score (nSPS) is 16.8. The third-order valence-corrected chi connectivity index (χ3v) is 5.61. The Bertz CT molecular complexity index is 546. The molecule has 0 radical (unpaired) electrons. The number of piperidine rings is 1. The molecule has 1 fully saturated rings. The Hall–Kier alpha value is -1.40. The number of thiazole rings is 1. The summed E-state index contributed by atoms with van der Waals surface area (Å²) in [4.78, 5) is 13.7. The van der Waals surface area contributed by atoms with E-state index < -0.39 is 0 Å². The first-order valence-electron chi connectivity index (χ1n) is 9.28. The van der Waals surface area contributed by atoms with E-state index in [1.54, 1.807) is 11.3 Å². The standard InChI is InChI=1S/C19H33N5S/c1-5-6-7-10-23(4)19(20-3)21-13-17-8-11-24(12-9-17)14-18-15-25-16(2)22-18/h5,15,17H,1,6-14H2,2-4H3,(H,20,21). The molecule has 0 unspecified atom stereocenters. The lowest BCUT2D eigenvalue weighted by Gasteiger charge is -2.32. The Morgan fingerprint density at radius 1 is 1.52 bits per heavy atom. The summed E-state index contributed by atoms with van der Waals surface area (Å²) < 4.78 is 0. The largest absolute Gasteiger partial charge is 0.356 e. The van der Waals surface area contributed by atoms with Crippen LogP contribution < -0.4 is 5.32 Å². The fourth-order valence-corrected chi connectivity index (χ4v) is 3.86. The Balaban J connectivity index is 1.67. The highest BCUT2D eigenvalue weighted by Crippen LogP contribution is 2.19. The zero-order valence-electron chi connectivity index (χ0n) is 16.0. The minimum absolute atomic E-state index is 0.728. The van der Waals surface area contributed by atoms with Crippen molar-refractivity contribution >= 4 is 17.3 Å². The van der Waals surface area contributed by atoms with E-state index in [9.17, 15) is 0 Å². The summed E-state index contributed by atoms with van der Waals surface area (Å²) >= 11 is 1.75. The van der Waals surface area contributed by atoms with Gasteiger partial charge in [-0.15, -0.1) is 17.9 Å². The molecule has 1 saturated heterocycles. The molecule has 1 N–H and O–H groups in total. The molecular formula is C19H33N5S. The summed E-state index contributed by atoms with van der Waals surface area (Å²) in [5.41, 5.74) is 1.22. The lowest BCUT2D eigenvalue weighted by Crippen LogP contribution is -2.43. The Kier molecular flexibility index (Phi) is 8.41. The van der Waals surface area contributed by atoms with Crippen LogP contribution in [-0.2, 0) is 6.54 Å². The highest BCUT2D eigenvalue weighted by atomic mass is 32.1. The second kappa shape index (κ2) is 10.6. The van der Waals surface area contributed by atoms with Crippen LogP contribution in [-0.4, -0.2) is 61.0 Å². The predicted octanol–water partition coefficient (Wildman–Crippen LogP) is 3.14. The SMILES string of the molecule is C=CCCCN(C)C(=NC)NCC1CCN(Cc2csc(C)n2)CC1. The number of allylic oxidation sites excluding steroid dienone is 1. The van der Waals surface area contributed by atoms with Crippen LogP contribution in [0.5, 0.6) is 0 Å². The van der Waals surface area contributed by atoms with Gasteiger partial charge in [0.15, 0.2) is 5.96 Å². The lowest BCUT2D eigenvalue weighted by molar-refractivity contribution is 0.176. The molecule has 0 bridgehead atoms. The van der Waals surface area contributed by atoms with Crippen molar-refractivity contribution in [1.29, 1.82) is 0 Å². The number of aromatic nitrogens is 1. The average molecular weight is 364 g/mol. The predicted molar refractivity (Wildman–Crippen MR) is 108 cm³/mol. The quantitative estimate of drug-likeness (QED) is 0.333. The molecule has 1 aromatic rings. The second-order valence-electron chi connectivity index (χ2n) is 6.86. The van der Waals surface area contributed by atoms with Gasteiger partial charge in [0, 0.05) is 39.1 Å². The van der Waals surface area contributed by atoms with Crippen LogP contribution >= 0.6 is 11.3 Å². The molecule has 0 saturated carbocycles. The molecule has 5 nitrogen and oxygen atoms in total. The summed E-state index contributed by atoms with van der Waals surface area (Å²) in [6, 6.07) is 0. The van der Waals surface area contributed by atoms with Gasteiger partial charge >= 0.3 is 0 Å². The highest BCUT2D eigenvalue weighted by Gasteiger charge is 2.20. The molecule has 0 spiro atoms. The molecule has 140 valence electrons. The molecule has 2 rings (SSSR count). The van der Waals surface area contributed by atoms with Gasteiger partial charge in [-0.2, -0.15) is 0 Å². The van der Waals surface area contributed by atoms with Gasteiger partial charge in [0.2, 0.25) is 0 Å². The number of likely N-dealkylation sites (tertiary alicyclic amines) is 1. The number of nitrogens with zero attached hydrogens (tertiary/aromatic N) is 4. The van der Waals surface area contributed by atoms with E-state index in [1.165, 1.54) is 18.5 Å². The van der Waals surface area contributed by atoms with Crippen molar-refractivity contribution in [3.63, 3.8) is 0 Å². The van der Waals surface area contributed by atoms with E-state index in [0.29, 0.717) is 0 Å². The number of hydrogen-bond acceptors (Lipinski definition) is 4. The number of guanidine groups is 1. The fourth-order valence-electron chi connectivity index (χ4n) is 3.26. The monoisotopic (exact) mass is 363 g/mol. The van der Waals surface area contributed by atoms with E-state index in [-0.39, 0.29) is 0 Å². The van der Waals surface area contributed by atoms with Gasteiger partial charge in [0.25, 0.3) is 0 Å². The zero-order valence-corrected chi connectivity index (χ0v) is 16.8. The molecule has 2 heterocycles. The van der Waals surface area contributed by atoms with E-state index in [4.69, 9.17) is 0 Å². The van der Waals surface area contributed by atoms with Gasteiger partial charge in [-0.3, -0.25) is 9.89 Å². The van der Waals surface area contributed by atoms with Crippen LogP contribution in [0, 0.1) is 12.8 Å². The van der Waals surface area contributed by atoms with Gasteiger partial charge in [0.1, 0.15) is 0 Å². The van der Waals surface area contributed by atoms with Crippen LogP contribution in [0.4, 0.5) is 0 Å². The molecule has 1 aliphatic heterocycles. The van der Waals surface area contributed by atoms with Crippen molar-refractivity contribution < 1.29 is 0 Å². The van der Waals surface area contributed by atoms with Crippen LogP contribution in [0.1, 0.15) is 36.4 Å². The van der Waals surface area contributed by atoms with Crippen LogP contribution in [0.3, 0.4) is 0 Å². The molecule has 0 aromatic carbocycles. The topological polar surface area (TPSA) is 43.8 Å². The molecule has 0 atom stereocenters. The van der Waals surface area contributed by atoms with Gasteiger partial charge in [-0.25, -0.2) is 4.98 Å². The van der Waals surface area contributed by atoms with Crippen LogP contribution in [0.2, 0.25) is 0 Å². The number of rotatable bonds is 8. The highest BCUT2D eigenvalue weighted by molar-refractivity contribution is 7.09. The summed E-state index contributed by atoms with van der Waals surface area (Å²) in [5, 5.41) is 6.91. The zero-order chi connectivity index (χ0) is 18.1. The minimum Gasteiger partial charge on any atom is -0.356 e. The van der Waals surface area contributed by atoms with Crippen molar-refractivity contribution in [2.45, 2.75) is 39.2 Å². The molecule has 1 aliphatic rings. The molecule has 1 aromatic heterocycles. The van der Waals surface area contributed by atoms with Crippen molar-refractivity contribution in [3.8, 4) is 0 Å². The van der Waals surface area contributed by atoms with Crippen molar-refractivity contribution in [2.24, 2.45) is 10.9 Å². The second-order valence-corrected chi connectivity index (χ2v) is 7.92. The minimum atomic E-state index is 0.728. The number of nitrogens with one attached hydrogen (secondary N) is 1.